The van der Waals surface area contributed by atoms with Crippen molar-refractivity contribution in [3.05, 3.63) is 59.9 Å². The Balaban J connectivity index is 2.24. The predicted molar refractivity (Wildman–Crippen MR) is 80.2 cm³/mol. The Morgan fingerprint density at radius 3 is 2.58 bits per heavy atom. The number of nitrogens with zero attached hydrogens (tertiary/aromatic N) is 2. The fourth-order valence-electron chi connectivity index (χ4n) is 2.25. The van der Waals surface area contributed by atoms with Crippen LogP contribution in [-0.2, 0) is 13.0 Å². The fraction of sp³-hybridized carbons (Fsp3) is 0.312. The van der Waals surface area contributed by atoms with E-state index in [2.05, 4.69) is 47.1 Å². The van der Waals surface area contributed by atoms with Gasteiger partial charge in [-0.2, -0.15) is 0 Å². The molecule has 0 aliphatic carbocycles. The summed E-state index contributed by atoms with van der Waals surface area (Å²) >= 11 is 0. The molecule has 0 aliphatic heterocycles. The minimum absolute atomic E-state index is 0.644. The zero-order chi connectivity index (χ0) is 13.5. The van der Waals surface area contributed by atoms with Gasteiger partial charge in [0.1, 0.15) is 0 Å². The summed E-state index contributed by atoms with van der Waals surface area (Å²) < 4.78 is 0. The largest absolute Gasteiger partial charge is 0.364 e. The molecule has 0 spiro atoms. The maximum atomic E-state index is 5.75. The van der Waals surface area contributed by atoms with Gasteiger partial charge in [0.15, 0.2) is 0 Å². The first-order valence-corrected chi connectivity index (χ1v) is 6.78. The molecule has 0 aliphatic rings. The minimum atomic E-state index is 0.644. The van der Waals surface area contributed by atoms with Gasteiger partial charge in [0.25, 0.3) is 0 Å². The van der Waals surface area contributed by atoms with E-state index in [0.717, 1.165) is 25.2 Å². The fourth-order valence-corrected chi connectivity index (χ4v) is 2.25. The smallest absolute Gasteiger partial charge is 0.0602 e. The molecule has 0 bridgehead atoms. The molecule has 2 N–H and O–H groups in total. The monoisotopic (exact) mass is 255 g/mol. The van der Waals surface area contributed by atoms with Gasteiger partial charge in [-0.1, -0.05) is 31.2 Å². The van der Waals surface area contributed by atoms with Gasteiger partial charge < -0.3 is 10.6 Å². The van der Waals surface area contributed by atoms with Crippen LogP contribution in [0.25, 0.3) is 0 Å². The van der Waals surface area contributed by atoms with Crippen molar-refractivity contribution in [3.63, 3.8) is 0 Å². The molecule has 0 amide bonds. The van der Waals surface area contributed by atoms with Crippen molar-refractivity contribution in [1.82, 2.24) is 4.98 Å². The molecule has 3 heteroatoms. The Kier molecular flexibility index (Phi) is 4.93. The lowest BCUT2D eigenvalue weighted by molar-refractivity contribution is 0.769. The summed E-state index contributed by atoms with van der Waals surface area (Å²) in [6, 6.07) is 14.5. The second-order valence-corrected chi connectivity index (χ2v) is 4.51. The van der Waals surface area contributed by atoms with Crippen LogP contribution >= 0.6 is 0 Å². The van der Waals surface area contributed by atoms with Gasteiger partial charge >= 0.3 is 0 Å². The summed E-state index contributed by atoms with van der Waals surface area (Å²) in [4.78, 5) is 6.71. The molecule has 0 saturated heterocycles. The van der Waals surface area contributed by atoms with Crippen LogP contribution in [0.3, 0.4) is 0 Å². The predicted octanol–water partition coefficient (Wildman–Crippen LogP) is 2.61. The molecule has 0 saturated carbocycles. The number of hydrogen-bond donors (Lipinski definition) is 1. The lowest BCUT2D eigenvalue weighted by Crippen LogP contribution is -2.30. The van der Waals surface area contributed by atoms with Crippen molar-refractivity contribution in [2.24, 2.45) is 5.73 Å². The highest BCUT2D eigenvalue weighted by Crippen LogP contribution is 2.22. The molecular weight excluding hydrogens is 234 g/mol. The molecule has 0 fully saturated rings. The van der Waals surface area contributed by atoms with E-state index in [1.807, 2.05) is 18.3 Å². The number of anilines is 1. The van der Waals surface area contributed by atoms with Crippen molar-refractivity contribution < 1.29 is 0 Å². The summed E-state index contributed by atoms with van der Waals surface area (Å²) in [5.41, 5.74) is 9.44. The average Bonchev–Trinajstić information content (AvgIpc) is 2.48. The number of aryl methyl sites for hydroxylation is 1. The maximum Gasteiger partial charge on any atom is 0.0602 e. The van der Waals surface area contributed by atoms with Gasteiger partial charge in [0.2, 0.25) is 0 Å². The summed E-state index contributed by atoms with van der Waals surface area (Å²) in [5, 5.41) is 0. The van der Waals surface area contributed by atoms with Gasteiger partial charge in [-0.05, 0) is 30.2 Å². The number of pyridine rings is 1. The number of aromatic nitrogens is 1. The quantitative estimate of drug-likeness (QED) is 0.862. The summed E-state index contributed by atoms with van der Waals surface area (Å²) in [6.07, 6.45) is 2.86. The third-order valence-electron chi connectivity index (χ3n) is 3.19. The number of nitrogens with two attached hydrogens (primary N) is 1. The first-order chi connectivity index (χ1) is 9.35. The van der Waals surface area contributed by atoms with Crippen LogP contribution < -0.4 is 10.6 Å². The molecule has 1 heterocycles. The lowest BCUT2D eigenvalue weighted by Gasteiger charge is -2.26. The van der Waals surface area contributed by atoms with Crippen LogP contribution in [0, 0.1) is 0 Å². The Labute approximate surface area is 115 Å². The molecule has 3 nitrogen and oxygen atoms in total. The van der Waals surface area contributed by atoms with Crippen molar-refractivity contribution >= 4 is 5.69 Å². The number of benzene rings is 1. The molecular formula is C16H21N3. The molecule has 100 valence electrons. The van der Waals surface area contributed by atoms with E-state index in [1.54, 1.807) is 0 Å². The van der Waals surface area contributed by atoms with Crippen LogP contribution in [0.15, 0.2) is 48.7 Å². The summed E-state index contributed by atoms with van der Waals surface area (Å²) in [7, 11) is 0. The van der Waals surface area contributed by atoms with Crippen LogP contribution in [-0.4, -0.2) is 18.1 Å². The van der Waals surface area contributed by atoms with Crippen LogP contribution in [0.2, 0.25) is 0 Å². The zero-order valence-corrected chi connectivity index (χ0v) is 11.4. The van der Waals surface area contributed by atoms with Crippen LogP contribution in [0.5, 0.6) is 0 Å². The Morgan fingerprint density at radius 1 is 1.11 bits per heavy atom. The summed E-state index contributed by atoms with van der Waals surface area (Å²) in [5.74, 6) is 0. The standard InChI is InChI=1S/C16H21N3/c1-2-14-7-3-4-9-16(14)19(12-10-17)13-15-8-5-6-11-18-15/h3-9,11H,2,10,12-13,17H2,1H3. The second-order valence-electron chi connectivity index (χ2n) is 4.51. The first kappa shape index (κ1) is 13.6. The van der Waals surface area contributed by atoms with Crippen molar-refractivity contribution in [1.29, 1.82) is 0 Å². The van der Waals surface area contributed by atoms with Crippen molar-refractivity contribution in [3.8, 4) is 0 Å². The van der Waals surface area contributed by atoms with Gasteiger partial charge in [-0.25, -0.2) is 0 Å². The van der Waals surface area contributed by atoms with Crippen molar-refractivity contribution in [2.75, 3.05) is 18.0 Å². The molecule has 0 unspecified atom stereocenters. The highest BCUT2D eigenvalue weighted by molar-refractivity contribution is 5.53. The Bertz CT molecular complexity index is 496. The number of para-hydroxylation sites is 1. The van der Waals surface area contributed by atoms with E-state index in [0.29, 0.717) is 6.54 Å². The van der Waals surface area contributed by atoms with E-state index in [9.17, 15) is 0 Å². The summed E-state index contributed by atoms with van der Waals surface area (Å²) in [6.45, 7) is 4.47. The molecule has 1 aromatic carbocycles. The van der Waals surface area contributed by atoms with Crippen molar-refractivity contribution in [2.45, 2.75) is 19.9 Å². The molecule has 2 rings (SSSR count). The van der Waals surface area contributed by atoms with Gasteiger partial charge in [-0.15, -0.1) is 0 Å². The Morgan fingerprint density at radius 2 is 1.89 bits per heavy atom. The highest BCUT2D eigenvalue weighted by atomic mass is 15.1. The first-order valence-electron chi connectivity index (χ1n) is 6.78. The zero-order valence-electron chi connectivity index (χ0n) is 11.4. The van der Waals surface area contributed by atoms with E-state index < -0.39 is 0 Å². The topological polar surface area (TPSA) is 42.1 Å². The highest BCUT2D eigenvalue weighted by Gasteiger charge is 2.10. The van der Waals surface area contributed by atoms with Crippen LogP contribution in [0.4, 0.5) is 5.69 Å². The third-order valence-corrected chi connectivity index (χ3v) is 3.19. The maximum absolute atomic E-state index is 5.75. The van der Waals surface area contributed by atoms with E-state index in [1.165, 1.54) is 11.3 Å². The van der Waals surface area contributed by atoms with Gasteiger partial charge in [-0.3, -0.25) is 4.98 Å². The SMILES string of the molecule is CCc1ccccc1N(CCN)Cc1ccccn1. The van der Waals surface area contributed by atoms with E-state index >= 15 is 0 Å². The molecule has 2 aromatic rings. The normalized spacial score (nSPS) is 10.4. The van der Waals surface area contributed by atoms with E-state index in [-0.39, 0.29) is 0 Å². The lowest BCUT2D eigenvalue weighted by atomic mass is 10.1. The molecule has 0 atom stereocenters. The minimum Gasteiger partial charge on any atom is -0.364 e. The Hall–Kier alpha value is -1.87. The number of hydrogen-bond acceptors (Lipinski definition) is 3. The van der Waals surface area contributed by atoms with Gasteiger partial charge in [0.05, 0.1) is 12.2 Å². The molecule has 19 heavy (non-hydrogen) atoms. The molecule has 0 radical (unpaired) electrons. The van der Waals surface area contributed by atoms with E-state index in [4.69, 9.17) is 5.73 Å². The average molecular weight is 255 g/mol. The van der Waals surface area contributed by atoms with Crippen LogP contribution in [0.1, 0.15) is 18.2 Å². The second kappa shape index (κ2) is 6.90. The number of rotatable bonds is 6. The van der Waals surface area contributed by atoms with Gasteiger partial charge in [0, 0.05) is 25.0 Å². The third kappa shape index (κ3) is 3.55. The molecule has 1 aromatic heterocycles.